The lowest BCUT2D eigenvalue weighted by atomic mass is 10.1. The number of aliphatic hydroxyl groups excluding tert-OH is 1. The van der Waals surface area contributed by atoms with Crippen LogP contribution in [0, 0.1) is 24.6 Å². The third kappa shape index (κ3) is 3.02. The van der Waals surface area contributed by atoms with Crippen molar-refractivity contribution in [3.63, 3.8) is 0 Å². The van der Waals surface area contributed by atoms with E-state index in [0.29, 0.717) is 17.0 Å². The van der Waals surface area contributed by atoms with Gasteiger partial charge in [-0.2, -0.15) is 0 Å². The molecule has 0 fully saturated rings. The Hall–Kier alpha value is -2.65. The van der Waals surface area contributed by atoms with Gasteiger partial charge >= 0.3 is 0 Å². The van der Waals surface area contributed by atoms with Crippen LogP contribution in [-0.2, 0) is 0 Å². The molecule has 1 aromatic heterocycles. The molecule has 102 valence electrons. The summed E-state index contributed by atoms with van der Waals surface area (Å²) in [4.78, 5) is 11.9. The number of aryl methyl sites for hydroxylation is 1. The summed E-state index contributed by atoms with van der Waals surface area (Å²) in [5.74, 6) is 4.28. The van der Waals surface area contributed by atoms with Gasteiger partial charge in [0.1, 0.15) is 23.7 Å². The van der Waals surface area contributed by atoms with Crippen LogP contribution in [0.4, 0.5) is 10.1 Å². The van der Waals surface area contributed by atoms with E-state index in [-0.39, 0.29) is 12.2 Å². The molecule has 0 aliphatic rings. The number of hydrogen-bond donors (Lipinski definition) is 2. The summed E-state index contributed by atoms with van der Waals surface area (Å²) in [5, 5.41) is 14.7. The van der Waals surface area contributed by atoms with Crippen LogP contribution in [0.5, 0.6) is 0 Å². The van der Waals surface area contributed by atoms with Gasteiger partial charge in [0.2, 0.25) is 0 Å². The van der Waals surface area contributed by atoms with Crippen molar-refractivity contribution in [3.8, 4) is 11.8 Å². The topological polar surface area (TPSA) is 75.4 Å². The summed E-state index contributed by atoms with van der Waals surface area (Å²) >= 11 is 0. The Morgan fingerprint density at radius 3 is 3.00 bits per heavy atom. The second-order valence-corrected chi connectivity index (χ2v) is 3.90. The Morgan fingerprint density at radius 2 is 2.35 bits per heavy atom. The summed E-state index contributed by atoms with van der Waals surface area (Å²) in [6.45, 7) is 1.25. The molecule has 2 rings (SSSR count). The molecule has 6 heteroatoms. The quantitative estimate of drug-likeness (QED) is 0.818. The fourth-order valence-electron chi connectivity index (χ4n) is 1.55. The minimum atomic E-state index is -0.523. The minimum Gasteiger partial charge on any atom is -0.384 e. The maximum absolute atomic E-state index is 13.4. The van der Waals surface area contributed by atoms with E-state index < -0.39 is 11.7 Å². The molecule has 0 radical (unpaired) electrons. The van der Waals surface area contributed by atoms with Crippen molar-refractivity contribution in [2.45, 2.75) is 6.92 Å². The molecule has 2 aromatic rings. The van der Waals surface area contributed by atoms with Crippen LogP contribution in [0.25, 0.3) is 0 Å². The van der Waals surface area contributed by atoms with E-state index in [0.717, 1.165) is 0 Å². The summed E-state index contributed by atoms with van der Waals surface area (Å²) in [6.07, 6.45) is 1.31. The molecule has 0 aliphatic heterocycles. The molecule has 1 heterocycles. The normalized spacial score (nSPS) is 9.75. The number of aliphatic hydroxyl groups is 1. The van der Waals surface area contributed by atoms with E-state index in [9.17, 15) is 9.18 Å². The summed E-state index contributed by atoms with van der Waals surface area (Å²) < 4.78 is 18.2. The number of benzene rings is 1. The number of rotatable bonds is 2. The zero-order valence-electron chi connectivity index (χ0n) is 10.6. The molecule has 0 saturated heterocycles. The van der Waals surface area contributed by atoms with Gasteiger partial charge in [0.25, 0.3) is 5.91 Å². The van der Waals surface area contributed by atoms with E-state index in [1.165, 1.54) is 24.4 Å². The highest BCUT2D eigenvalue weighted by Crippen LogP contribution is 2.16. The first-order valence-corrected chi connectivity index (χ1v) is 5.73. The van der Waals surface area contributed by atoms with Crippen molar-refractivity contribution in [3.05, 3.63) is 47.1 Å². The molecular formula is C14H11FN2O3. The van der Waals surface area contributed by atoms with E-state index in [1.807, 2.05) is 0 Å². The molecule has 0 unspecified atom stereocenters. The molecule has 0 saturated carbocycles. The maximum atomic E-state index is 13.4. The fourth-order valence-corrected chi connectivity index (χ4v) is 1.55. The summed E-state index contributed by atoms with van der Waals surface area (Å²) in [5.41, 5.74) is 0.787. The lowest BCUT2D eigenvalue weighted by molar-refractivity contribution is 0.102. The number of anilines is 1. The second-order valence-electron chi connectivity index (χ2n) is 3.90. The third-order valence-corrected chi connectivity index (χ3v) is 2.52. The Morgan fingerprint density at radius 1 is 1.55 bits per heavy atom. The highest BCUT2D eigenvalue weighted by molar-refractivity contribution is 6.04. The van der Waals surface area contributed by atoms with Crippen molar-refractivity contribution in [1.29, 1.82) is 0 Å². The number of halogens is 1. The van der Waals surface area contributed by atoms with Crippen LogP contribution in [-0.4, -0.2) is 22.8 Å². The lowest BCUT2D eigenvalue weighted by Crippen LogP contribution is -2.12. The highest BCUT2D eigenvalue weighted by atomic mass is 19.1. The van der Waals surface area contributed by atoms with Crippen molar-refractivity contribution < 1.29 is 18.8 Å². The Balaban J connectivity index is 2.22. The van der Waals surface area contributed by atoms with Crippen LogP contribution >= 0.6 is 0 Å². The van der Waals surface area contributed by atoms with Gasteiger partial charge in [-0.1, -0.05) is 17.0 Å². The number of nitrogens with one attached hydrogen (secondary N) is 1. The van der Waals surface area contributed by atoms with Crippen LogP contribution in [0.1, 0.15) is 21.7 Å². The van der Waals surface area contributed by atoms with Crippen LogP contribution in [0.15, 0.2) is 28.9 Å². The van der Waals surface area contributed by atoms with Crippen LogP contribution < -0.4 is 5.32 Å². The summed E-state index contributed by atoms with van der Waals surface area (Å²) in [6, 6.07) is 4.00. The number of nitrogens with zero attached hydrogens (tertiary/aromatic N) is 1. The maximum Gasteiger partial charge on any atom is 0.260 e. The number of aromatic nitrogens is 1. The van der Waals surface area contributed by atoms with Crippen molar-refractivity contribution in [1.82, 2.24) is 5.16 Å². The molecule has 0 aliphatic carbocycles. The lowest BCUT2D eigenvalue weighted by Gasteiger charge is -2.05. The predicted molar refractivity (Wildman–Crippen MR) is 69.6 cm³/mol. The highest BCUT2D eigenvalue weighted by Gasteiger charge is 2.13. The average molecular weight is 274 g/mol. The van der Waals surface area contributed by atoms with E-state index >= 15 is 0 Å². The first kappa shape index (κ1) is 13.8. The molecule has 0 atom stereocenters. The summed E-state index contributed by atoms with van der Waals surface area (Å²) in [7, 11) is 0. The average Bonchev–Trinajstić information content (AvgIpc) is 2.85. The monoisotopic (exact) mass is 274 g/mol. The number of carbonyl (C=O) groups is 1. The standard InChI is InChI=1S/C14H11FN2O3/c1-9-12(8-16-20-9)14(19)17-11-4-5-13(15)10(7-11)3-2-6-18/h4-5,7-8,18H,6H2,1H3,(H,17,19). The van der Waals surface area contributed by atoms with Crippen LogP contribution in [0.3, 0.4) is 0 Å². The second kappa shape index (κ2) is 5.99. The van der Waals surface area contributed by atoms with Crippen molar-refractivity contribution in [2.75, 3.05) is 11.9 Å². The van der Waals surface area contributed by atoms with Crippen LogP contribution in [0.2, 0.25) is 0 Å². The van der Waals surface area contributed by atoms with Crippen molar-refractivity contribution >= 4 is 11.6 Å². The molecular weight excluding hydrogens is 263 g/mol. The zero-order valence-corrected chi connectivity index (χ0v) is 10.6. The van der Waals surface area contributed by atoms with Gasteiger partial charge in [0.15, 0.2) is 0 Å². The van der Waals surface area contributed by atoms with E-state index in [1.54, 1.807) is 6.92 Å². The molecule has 0 spiro atoms. The Labute approximate surface area is 114 Å². The minimum absolute atomic E-state index is 0.0962. The molecule has 20 heavy (non-hydrogen) atoms. The van der Waals surface area contributed by atoms with Gasteiger partial charge in [-0.15, -0.1) is 0 Å². The van der Waals surface area contributed by atoms with Gasteiger partial charge in [-0.05, 0) is 25.1 Å². The number of amides is 1. The van der Waals surface area contributed by atoms with Gasteiger partial charge in [-0.3, -0.25) is 4.79 Å². The molecule has 1 amide bonds. The van der Waals surface area contributed by atoms with E-state index in [2.05, 4.69) is 22.3 Å². The van der Waals surface area contributed by atoms with Gasteiger partial charge in [0.05, 0.1) is 11.8 Å². The van der Waals surface area contributed by atoms with Gasteiger partial charge in [-0.25, -0.2) is 4.39 Å². The fraction of sp³-hybridized carbons (Fsp3) is 0.143. The molecule has 2 N–H and O–H groups in total. The Kier molecular flexibility index (Phi) is 4.13. The number of hydrogen-bond acceptors (Lipinski definition) is 4. The van der Waals surface area contributed by atoms with Gasteiger partial charge < -0.3 is 14.9 Å². The first-order chi connectivity index (χ1) is 9.61. The predicted octanol–water partition coefficient (Wildman–Crippen LogP) is 1.72. The first-order valence-electron chi connectivity index (χ1n) is 5.73. The molecule has 1 aromatic carbocycles. The van der Waals surface area contributed by atoms with Crippen molar-refractivity contribution in [2.24, 2.45) is 0 Å². The largest absolute Gasteiger partial charge is 0.384 e. The Bertz CT molecular complexity index is 698. The number of carbonyl (C=O) groups excluding carboxylic acids is 1. The SMILES string of the molecule is Cc1oncc1C(=O)Nc1ccc(F)c(C#CCO)c1. The molecule has 5 nitrogen and oxygen atoms in total. The van der Waals surface area contributed by atoms with Gasteiger partial charge in [0, 0.05) is 5.69 Å². The third-order valence-electron chi connectivity index (χ3n) is 2.52. The zero-order chi connectivity index (χ0) is 14.5. The smallest absolute Gasteiger partial charge is 0.260 e. The molecule has 0 bridgehead atoms. The van der Waals surface area contributed by atoms with E-state index in [4.69, 9.17) is 9.63 Å².